The van der Waals surface area contributed by atoms with Crippen LogP contribution in [-0.4, -0.2) is 48.9 Å². The number of hydrogen-bond acceptors (Lipinski definition) is 3. The average Bonchev–Trinajstić information content (AvgIpc) is 2.64. The Morgan fingerprint density at radius 1 is 1.12 bits per heavy atom. The maximum atomic E-state index is 12.4. The van der Waals surface area contributed by atoms with Crippen LogP contribution >= 0.6 is 27.5 Å². The zero-order valence-electron chi connectivity index (χ0n) is 14.8. The summed E-state index contributed by atoms with van der Waals surface area (Å²) >= 11 is 9.50. The van der Waals surface area contributed by atoms with Crippen LogP contribution in [0.4, 0.5) is 0 Å². The Morgan fingerprint density at radius 2 is 1.85 bits per heavy atom. The molecule has 2 aromatic carbocycles. The Kier molecular flexibility index (Phi) is 6.70. The highest BCUT2D eigenvalue weighted by molar-refractivity contribution is 9.10. The van der Waals surface area contributed by atoms with E-state index in [-0.39, 0.29) is 5.91 Å². The van der Waals surface area contributed by atoms with Crippen LogP contribution in [0.15, 0.2) is 46.9 Å². The monoisotopic (exact) mass is 435 g/mol. The van der Waals surface area contributed by atoms with E-state index in [1.807, 2.05) is 12.1 Å². The number of carbonyl (C=O) groups is 1. The molecule has 0 aromatic heterocycles. The number of rotatable bonds is 5. The summed E-state index contributed by atoms with van der Waals surface area (Å²) in [6.07, 6.45) is 0. The molecular weight excluding hydrogens is 414 g/mol. The van der Waals surface area contributed by atoms with Crippen molar-refractivity contribution < 1.29 is 4.79 Å². The molecule has 1 fully saturated rings. The quantitative estimate of drug-likeness (QED) is 0.775. The van der Waals surface area contributed by atoms with Gasteiger partial charge in [0, 0.05) is 43.7 Å². The Balaban J connectivity index is 1.58. The van der Waals surface area contributed by atoms with Gasteiger partial charge >= 0.3 is 0 Å². The van der Waals surface area contributed by atoms with Crippen LogP contribution in [0.5, 0.6) is 0 Å². The van der Waals surface area contributed by atoms with Crippen LogP contribution in [0.3, 0.4) is 0 Å². The molecule has 26 heavy (non-hydrogen) atoms. The molecule has 0 spiro atoms. The van der Waals surface area contributed by atoms with E-state index in [1.165, 1.54) is 5.56 Å². The van der Waals surface area contributed by atoms with E-state index in [0.717, 1.165) is 42.8 Å². The van der Waals surface area contributed by atoms with Crippen molar-refractivity contribution >= 4 is 33.4 Å². The molecular formula is C20H23BrClN3O. The minimum Gasteiger partial charge on any atom is -0.348 e. The van der Waals surface area contributed by atoms with Crippen molar-refractivity contribution in [1.82, 2.24) is 15.1 Å². The van der Waals surface area contributed by atoms with Gasteiger partial charge in [-0.25, -0.2) is 0 Å². The average molecular weight is 437 g/mol. The lowest BCUT2D eigenvalue weighted by Crippen LogP contribution is -2.43. The predicted octanol–water partition coefficient (Wildman–Crippen LogP) is 3.78. The molecule has 6 heteroatoms. The van der Waals surface area contributed by atoms with Crippen LogP contribution in [0.25, 0.3) is 0 Å². The standard InChI is InChI=1S/C20H23BrClN3O/c1-24-7-9-25(10-8-24)14-16-4-2-3-15(11-16)13-23-20(26)18-12-17(21)5-6-19(18)22/h2-6,11-12H,7-10,13-14H2,1H3,(H,23,26). The summed E-state index contributed by atoms with van der Waals surface area (Å²) in [5, 5.41) is 3.41. The summed E-state index contributed by atoms with van der Waals surface area (Å²) in [5.41, 5.74) is 2.85. The van der Waals surface area contributed by atoms with Gasteiger partial charge in [-0.05, 0) is 36.4 Å². The number of likely N-dealkylation sites (N-methyl/N-ethyl adjacent to an activating group) is 1. The van der Waals surface area contributed by atoms with Gasteiger partial charge in [0.15, 0.2) is 0 Å². The van der Waals surface area contributed by atoms with Crippen molar-refractivity contribution in [3.05, 3.63) is 68.7 Å². The fourth-order valence-electron chi connectivity index (χ4n) is 3.05. The second kappa shape index (κ2) is 9.00. The van der Waals surface area contributed by atoms with Gasteiger partial charge < -0.3 is 10.2 Å². The van der Waals surface area contributed by atoms with Crippen molar-refractivity contribution in [2.45, 2.75) is 13.1 Å². The van der Waals surface area contributed by atoms with Crippen molar-refractivity contribution in [3.8, 4) is 0 Å². The van der Waals surface area contributed by atoms with E-state index in [0.29, 0.717) is 17.1 Å². The predicted molar refractivity (Wildman–Crippen MR) is 110 cm³/mol. The number of nitrogens with zero attached hydrogens (tertiary/aromatic N) is 2. The Bertz CT molecular complexity index is 775. The van der Waals surface area contributed by atoms with Crippen molar-refractivity contribution in [1.29, 1.82) is 0 Å². The van der Waals surface area contributed by atoms with Crippen molar-refractivity contribution in [2.24, 2.45) is 0 Å². The lowest BCUT2D eigenvalue weighted by atomic mass is 10.1. The maximum Gasteiger partial charge on any atom is 0.253 e. The summed E-state index contributed by atoms with van der Waals surface area (Å²) in [5.74, 6) is -0.166. The fraction of sp³-hybridized carbons (Fsp3) is 0.350. The molecule has 1 N–H and O–H groups in total. The number of amides is 1. The van der Waals surface area contributed by atoms with Gasteiger partial charge in [0.25, 0.3) is 5.91 Å². The number of halogens is 2. The summed E-state index contributed by atoms with van der Waals surface area (Å²) in [6.45, 7) is 5.86. The normalized spacial score (nSPS) is 15.8. The summed E-state index contributed by atoms with van der Waals surface area (Å²) in [7, 11) is 2.16. The number of nitrogens with one attached hydrogen (secondary N) is 1. The Hall–Kier alpha value is -1.40. The zero-order chi connectivity index (χ0) is 18.5. The van der Waals surface area contributed by atoms with Crippen molar-refractivity contribution in [2.75, 3.05) is 33.2 Å². The Morgan fingerprint density at radius 3 is 2.62 bits per heavy atom. The number of hydrogen-bond donors (Lipinski definition) is 1. The highest BCUT2D eigenvalue weighted by atomic mass is 79.9. The first kappa shape index (κ1) is 19.4. The summed E-state index contributed by atoms with van der Waals surface area (Å²) in [6, 6.07) is 13.7. The first-order chi connectivity index (χ1) is 12.5. The molecule has 4 nitrogen and oxygen atoms in total. The first-order valence-corrected chi connectivity index (χ1v) is 9.90. The molecule has 0 saturated carbocycles. The van der Waals surface area contributed by atoms with Crippen LogP contribution < -0.4 is 5.32 Å². The van der Waals surface area contributed by atoms with Gasteiger partial charge in [0.2, 0.25) is 0 Å². The highest BCUT2D eigenvalue weighted by Crippen LogP contribution is 2.21. The van der Waals surface area contributed by atoms with E-state index in [4.69, 9.17) is 11.6 Å². The molecule has 1 heterocycles. The topological polar surface area (TPSA) is 35.6 Å². The zero-order valence-corrected chi connectivity index (χ0v) is 17.2. The smallest absolute Gasteiger partial charge is 0.253 e. The lowest BCUT2D eigenvalue weighted by molar-refractivity contribution is 0.0951. The van der Waals surface area contributed by atoms with Crippen LogP contribution in [-0.2, 0) is 13.1 Å². The molecule has 1 saturated heterocycles. The van der Waals surface area contributed by atoms with E-state index in [2.05, 4.69) is 56.3 Å². The van der Waals surface area contributed by atoms with Crippen LogP contribution in [0.1, 0.15) is 21.5 Å². The van der Waals surface area contributed by atoms with E-state index < -0.39 is 0 Å². The minimum absolute atomic E-state index is 0.166. The summed E-state index contributed by atoms with van der Waals surface area (Å²) in [4.78, 5) is 17.2. The molecule has 3 rings (SSSR count). The number of piperazine rings is 1. The van der Waals surface area contributed by atoms with E-state index in [1.54, 1.807) is 12.1 Å². The molecule has 1 amide bonds. The molecule has 0 bridgehead atoms. The van der Waals surface area contributed by atoms with Gasteiger partial charge in [0.05, 0.1) is 10.6 Å². The molecule has 138 valence electrons. The second-order valence-corrected chi connectivity index (χ2v) is 8.03. The molecule has 1 aliphatic heterocycles. The minimum atomic E-state index is -0.166. The van der Waals surface area contributed by atoms with Gasteiger partial charge in [-0.2, -0.15) is 0 Å². The number of carbonyl (C=O) groups excluding carboxylic acids is 1. The second-order valence-electron chi connectivity index (χ2n) is 6.71. The summed E-state index contributed by atoms with van der Waals surface area (Å²) < 4.78 is 0.834. The van der Waals surface area contributed by atoms with Gasteiger partial charge in [-0.3, -0.25) is 9.69 Å². The van der Waals surface area contributed by atoms with Gasteiger partial charge in [-0.1, -0.05) is 51.8 Å². The molecule has 0 unspecified atom stereocenters. The Labute approximate surface area is 168 Å². The molecule has 0 aliphatic carbocycles. The van der Waals surface area contributed by atoms with Crippen LogP contribution in [0.2, 0.25) is 5.02 Å². The molecule has 0 atom stereocenters. The first-order valence-electron chi connectivity index (χ1n) is 8.73. The van der Waals surface area contributed by atoms with E-state index >= 15 is 0 Å². The molecule has 1 aliphatic rings. The molecule has 2 aromatic rings. The highest BCUT2D eigenvalue weighted by Gasteiger charge is 2.14. The third-order valence-electron chi connectivity index (χ3n) is 4.62. The van der Waals surface area contributed by atoms with Gasteiger partial charge in [0.1, 0.15) is 0 Å². The maximum absolute atomic E-state index is 12.4. The SMILES string of the molecule is CN1CCN(Cc2cccc(CNC(=O)c3cc(Br)ccc3Cl)c2)CC1. The largest absolute Gasteiger partial charge is 0.348 e. The number of benzene rings is 2. The fourth-order valence-corrected chi connectivity index (χ4v) is 3.62. The van der Waals surface area contributed by atoms with Crippen LogP contribution in [0, 0.1) is 0 Å². The van der Waals surface area contributed by atoms with Crippen molar-refractivity contribution in [3.63, 3.8) is 0 Å². The lowest BCUT2D eigenvalue weighted by Gasteiger charge is -2.32. The van der Waals surface area contributed by atoms with Gasteiger partial charge in [-0.15, -0.1) is 0 Å². The third-order valence-corrected chi connectivity index (χ3v) is 5.44. The third kappa shape index (κ3) is 5.30. The molecule has 0 radical (unpaired) electrons. The van der Waals surface area contributed by atoms with E-state index in [9.17, 15) is 4.79 Å².